The van der Waals surface area contributed by atoms with Gasteiger partial charge in [-0.2, -0.15) is 0 Å². The largest absolute Gasteiger partial charge is 0.388 e. The molecule has 2 heterocycles. The Morgan fingerprint density at radius 3 is 2.25 bits per heavy atom. The van der Waals surface area contributed by atoms with Crippen LogP contribution in [0.5, 0.6) is 0 Å². The molecule has 0 saturated heterocycles. The van der Waals surface area contributed by atoms with Gasteiger partial charge in [-0.15, -0.1) is 18.9 Å². The maximum absolute atomic E-state index is 11.2. The highest BCUT2D eigenvalue weighted by Crippen LogP contribution is 2.29. The fraction of sp³-hybridized carbons (Fsp3) is 0.452. The van der Waals surface area contributed by atoms with E-state index in [0.717, 1.165) is 18.4 Å². The van der Waals surface area contributed by atoms with Crippen molar-refractivity contribution in [3.63, 3.8) is 0 Å². The van der Waals surface area contributed by atoms with Crippen LogP contribution in [0.15, 0.2) is 90.2 Å². The number of nitrogens with zero attached hydrogens (tertiary/aromatic N) is 2. The van der Waals surface area contributed by atoms with E-state index in [0.29, 0.717) is 24.1 Å². The van der Waals surface area contributed by atoms with Crippen molar-refractivity contribution in [2.45, 2.75) is 67.3 Å². The molecule has 2 aliphatic heterocycles. The fourth-order valence-electron chi connectivity index (χ4n) is 3.75. The summed E-state index contributed by atoms with van der Waals surface area (Å²) in [6.07, 6.45) is 18.2. The van der Waals surface area contributed by atoms with Gasteiger partial charge in [-0.1, -0.05) is 50.3 Å². The Morgan fingerprint density at radius 1 is 1.22 bits per heavy atom. The molecule has 0 saturated carbocycles. The Kier molecular flexibility index (Phi) is 20.6. The first kappa shape index (κ1) is 35.0. The molecule has 0 fully saturated rings. The third-order valence-electron chi connectivity index (χ3n) is 5.35. The maximum atomic E-state index is 11.2. The minimum Gasteiger partial charge on any atom is -0.388 e. The van der Waals surface area contributed by atoms with E-state index >= 15 is 0 Å². The van der Waals surface area contributed by atoms with Crippen molar-refractivity contribution in [3.05, 3.63) is 90.2 Å². The van der Waals surface area contributed by atoms with Crippen molar-refractivity contribution < 1.29 is 14.3 Å². The average Bonchev–Trinajstić information content (AvgIpc) is 3.15. The van der Waals surface area contributed by atoms with E-state index in [1.54, 1.807) is 32.1 Å². The molecule has 0 N–H and O–H groups in total. The molecule has 2 atom stereocenters. The van der Waals surface area contributed by atoms with Crippen molar-refractivity contribution >= 4 is 12.2 Å². The van der Waals surface area contributed by atoms with Gasteiger partial charge in [0, 0.05) is 55.5 Å². The molecule has 200 valence electrons. The van der Waals surface area contributed by atoms with Gasteiger partial charge in [-0.25, -0.2) is 0 Å². The normalized spacial score (nSPS) is 19.0. The molecule has 1 amide bonds. The molecular formula is C31H48N2O3. The van der Waals surface area contributed by atoms with Crippen LogP contribution in [-0.4, -0.2) is 48.8 Å². The van der Waals surface area contributed by atoms with E-state index in [-0.39, 0.29) is 12.3 Å². The molecule has 0 aromatic carbocycles. The van der Waals surface area contributed by atoms with E-state index in [2.05, 4.69) is 61.4 Å². The van der Waals surface area contributed by atoms with E-state index < -0.39 is 0 Å². The Hall–Kier alpha value is -3.14. The molecule has 5 heteroatoms. The Morgan fingerprint density at radius 2 is 1.83 bits per heavy atom. The van der Waals surface area contributed by atoms with Crippen molar-refractivity contribution in [3.8, 4) is 0 Å². The van der Waals surface area contributed by atoms with Gasteiger partial charge in [-0.05, 0) is 53.0 Å². The number of carbonyl (C=O) groups excluding carboxylic acids is 2. The molecule has 5 nitrogen and oxygen atoms in total. The van der Waals surface area contributed by atoms with Crippen LogP contribution in [-0.2, 0) is 14.3 Å². The molecule has 0 spiro atoms. The van der Waals surface area contributed by atoms with E-state index in [1.165, 1.54) is 11.4 Å². The van der Waals surface area contributed by atoms with Crippen LogP contribution in [0.1, 0.15) is 61.3 Å². The van der Waals surface area contributed by atoms with Gasteiger partial charge >= 0.3 is 0 Å². The first-order valence-corrected chi connectivity index (χ1v) is 12.5. The number of rotatable bonds is 7. The first-order chi connectivity index (χ1) is 17.2. The van der Waals surface area contributed by atoms with Crippen molar-refractivity contribution in [1.29, 1.82) is 0 Å². The molecular weight excluding hydrogens is 448 g/mol. The topological polar surface area (TPSA) is 49.9 Å². The van der Waals surface area contributed by atoms with E-state index in [4.69, 9.17) is 0 Å². The minimum absolute atomic E-state index is 0.0190. The van der Waals surface area contributed by atoms with Crippen LogP contribution in [0.3, 0.4) is 0 Å². The lowest BCUT2D eigenvalue weighted by atomic mass is 9.93. The first-order valence-electron chi connectivity index (χ1n) is 12.5. The summed E-state index contributed by atoms with van der Waals surface area (Å²) in [5, 5.41) is 0. The number of ether oxygens (including phenoxy) is 1. The number of allylic oxidation sites excluding steroid dienone is 8. The van der Waals surface area contributed by atoms with Gasteiger partial charge in [-0.3, -0.25) is 9.59 Å². The Bertz CT molecular complexity index is 883. The Labute approximate surface area is 220 Å². The lowest BCUT2D eigenvalue weighted by molar-refractivity contribution is -0.127. The molecule has 2 aliphatic rings. The average molecular weight is 497 g/mol. The van der Waals surface area contributed by atoms with Crippen LogP contribution >= 0.6 is 0 Å². The highest BCUT2D eigenvalue weighted by Gasteiger charge is 2.25. The number of carbonyl (C=O) groups is 2. The lowest BCUT2D eigenvalue weighted by Gasteiger charge is -2.38. The van der Waals surface area contributed by atoms with Gasteiger partial charge in [0.25, 0.3) is 0 Å². The van der Waals surface area contributed by atoms with Gasteiger partial charge in [0.2, 0.25) is 5.91 Å². The van der Waals surface area contributed by atoms with Gasteiger partial charge in [0.05, 0.1) is 6.42 Å². The molecule has 2 unspecified atom stereocenters. The number of methoxy groups -OCH3 is 1. The molecule has 0 bridgehead atoms. The standard InChI is InChI=1S/C18H25N.C9H11NO2.C2H6O.C2H6/c1-6-9-10-11-12-18(8-3)19-15(4)13-17(7-2)14-16(19)5;1-3-4-10-7(2)8(6-11)5-9(10)12;1-3-2;1-2/h6-10,12-13,16-17H,2,14H2,1,3-5H3;3,6H,1,4-5H2,2H3;1-2H3;1-2H3/b9-6-,18-8+;;;. The summed E-state index contributed by atoms with van der Waals surface area (Å²) < 4.78 is 4.25. The number of aldehydes is 1. The molecule has 36 heavy (non-hydrogen) atoms. The van der Waals surface area contributed by atoms with Gasteiger partial charge in [0.15, 0.2) is 0 Å². The summed E-state index contributed by atoms with van der Waals surface area (Å²) in [5.41, 5.74) is 7.04. The SMILES string of the molecule is C=CC1C=C(C)N(/C(C=C=C/C=C\C)=C/C)C(C)C1.C=CCN1C(=O)CC(C=O)=C1C.CC.COC. The van der Waals surface area contributed by atoms with Crippen molar-refractivity contribution in [2.24, 2.45) is 5.92 Å². The third kappa shape index (κ3) is 12.0. The van der Waals surface area contributed by atoms with Gasteiger partial charge < -0.3 is 14.5 Å². The zero-order valence-electron chi connectivity index (χ0n) is 24.0. The fourth-order valence-corrected chi connectivity index (χ4v) is 3.75. The summed E-state index contributed by atoms with van der Waals surface area (Å²) in [5.74, 6) is 0.474. The van der Waals surface area contributed by atoms with Crippen molar-refractivity contribution in [1.82, 2.24) is 9.80 Å². The number of hydrogen-bond donors (Lipinski definition) is 0. The summed E-state index contributed by atoms with van der Waals surface area (Å²) >= 11 is 0. The second-order valence-electron chi connectivity index (χ2n) is 7.99. The summed E-state index contributed by atoms with van der Waals surface area (Å²) in [7, 11) is 3.25. The second kappa shape index (κ2) is 21.2. The summed E-state index contributed by atoms with van der Waals surface area (Å²) in [4.78, 5) is 25.6. The number of amides is 1. The zero-order valence-corrected chi connectivity index (χ0v) is 24.0. The molecule has 2 rings (SSSR count). The predicted octanol–water partition coefficient (Wildman–Crippen LogP) is 7.14. The molecule has 0 radical (unpaired) electrons. The monoisotopic (exact) mass is 496 g/mol. The van der Waals surface area contributed by atoms with Crippen LogP contribution in [0.25, 0.3) is 0 Å². The minimum atomic E-state index is -0.0190. The zero-order chi connectivity index (χ0) is 28.1. The lowest BCUT2D eigenvalue weighted by Crippen LogP contribution is -2.35. The van der Waals surface area contributed by atoms with Crippen LogP contribution in [0, 0.1) is 5.92 Å². The quantitative estimate of drug-likeness (QED) is 0.163. The highest BCUT2D eigenvalue weighted by atomic mass is 16.4. The van der Waals surface area contributed by atoms with E-state index in [1.807, 2.05) is 51.2 Å². The van der Waals surface area contributed by atoms with Crippen LogP contribution < -0.4 is 0 Å². The molecule has 0 aliphatic carbocycles. The second-order valence-corrected chi connectivity index (χ2v) is 7.99. The summed E-state index contributed by atoms with van der Waals surface area (Å²) in [6.45, 7) is 22.2. The van der Waals surface area contributed by atoms with Gasteiger partial charge in [0.1, 0.15) is 6.29 Å². The highest BCUT2D eigenvalue weighted by molar-refractivity contribution is 5.93. The van der Waals surface area contributed by atoms with E-state index in [9.17, 15) is 9.59 Å². The molecule has 0 aromatic rings. The third-order valence-corrected chi connectivity index (χ3v) is 5.35. The van der Waals surface area contributed by atoms with Crippen LogP contribution in [0.2, 0.25) is 0 Å². The number of hydrogen-bond acceptors (Lipinski definition) is 4. The predicted molar refractivity (Wildman–Crippen MR) is 154 cm³/mol. The van der Waals surface area contributed by atoms with Crippen LogP contribution in [0.4, 0.5) is 0 Å². The summed E-state index contributed by atoms with van der Waals surface area (Å²) in [6, 6.07) is 0.485. The Balaban J connectivity index is 0. The van der Waals surface area contributed by atoms with Crippen molar-refractivity contribution in [2.75, 3.05) is 20.8 Å². The smallest absolute Gasteiger partial charge is 0.231 e. The molecule has 0 aromatic heterocycles. The maximum Gasteiger partial charge on any atom is 0.231 e.